The fourth-order valence-electron chi connectivity index (χ4n) is 1.95. The third kappa shape index (κ3) is 3.14. The Kier molecular flexibility index (Phi) is 4.34. The van der Waals surface area contributed by atoms with Gasteiger partial charge in [0.2, 0.25) is 0 Å². The van der Waals surface area contributed by atoms with Crippen LogP contribution in [0.5, 0.6) is 5.75 Å². The van der Waals surface area contributed by atoms with Crippen molar-refractivity contribution >= 4 is 17.2 Å². The number of ether oxygens (including phenoxy) is 1. The lowest BCUT2D eigenvalue weighted by atomic mass is 10.2. The Morgan fingerprint density at radius 1 is 1.45 bits per heavy atom. The Morgan fingerprint density at radius 2 is 2.20 bits per heavy atom. The van der Waals surface area contributed by atoms with E-state index in [-0.39, 0.29) is 11.9 Å². The highest BCUT2D eigenvalue weighted by Crippen LogP contribution is 2.22. The van der Waals surface area contributed by atoms with Crippen molar-refractivity contribution < 1.29 is 9.53 Å². The second kappa shape index (κ2) is 6.00. The van der Waals surface area contributed by atoms with Gasteiger partial charge in [-0.2, -0.15) is 0 Å². The zero-order chi connectivity index (χ0) is 14.7. The molecular weight excluding hydrogens is 274 g/mol. The number of pyridine rings is 1. The Hall–Kier alpha value is -1.95. The maximum absolute atomic E-state index is 12.2. The number of thiazole rings is 1. The first-order valence-electron chi connectivity index (χ1n) is 6.26. The summed E-state index contributed by atoms with van der Waals surface area (Å²) in [6.07, 6.45) is 1.55. The third-order valence-electron chi connectivity index (χ3n) is 2.90. The van der Waals surface area contributed by atoms with E-state index in [1.165, 1.54) is 0 Å². The fourth-order valence-corrected chi connectivity index (χ4v) is 2.86. The third-order valence-corrected chi connectivity index (χ3v) is 3.80. The van der Waals surface area contributed by atoms with Gasteiger partial charge < -0.3 is 10.1 Å². The number of hydrogen-bond donors (Lipinski definition) is 1. The van der Waals surface area contributed by atoms with Crippen LogP contribution in [0.1, 0.15) is 39.0 Å². The van der Waals surface area contributed by atoms with Crippen LogP contribution in [0.3, 0.4) is 0 Å². The van der Waals surface area contributed by atoms with Gasteiger partial charge in [-0.1, -0.05) is 0 Å². The number of rotatable bonds is 4. The topological polar surface area (TPSA) is 64.1 Å². The molecule has 0 bridgehead atoms. The number of nitrogens with one attached hydrogen (secondary N) is 1. The molecule has 0 aliphatic heterocycles. The molecule has 106 valence electrons. The Morgan fingerprint density at radius 3 is 2.80 bits per heavy atom. The monoisotopic (exact) mass is 291 g/mol. The van der Waals surface area contributed by atoms with E-state index in [0.717, 1.165) is 15.6 Å². The molecule has 20 heavy (non-hydrogen) atoms. The van der Waals surface area contributed by atoms with Crippen LogP contribution in [0.2, 0.25) is 0 Å². The number of amides is 1. The average molecular weight is 291 g/mol. The minimum Gasteiger partial charge on any atom is -0.497 e. The number of hydrogen-bond acceptors (Lipinski definition) is 5. The molecule has 0 aliphatic rings. The first kappa shape index (κ1) is 14.5. The maximum atomic E-state index is 12.2. The molecule has 1 unspecified atom stereocenters. The van der Waals surface area contributed by atoms with Crippen LogP contribution in [-0.2, 0) is 0 Å². The average Bonchev–Trinajstić information content (AvgIpc) is 2.77. The summed E-state index contributed by atoms with van der Waals surface area (Å²) in [7, 11) is 1.56. The lowest BCUT2D eigenvalue weighted by Gasteiger charge is -2.12. The SMILES string of the molecule is COc1ccnc(C(=O)NC(C)c2nc(C)sc2C)c1. The molecule has 5 nitrogen and oxygen atoms in total. The van der Waals surface area contributed by atoms with Crippen LogP contribution >= 0.6 is 11.3 Å². The van der Waals surface area contributed by atoms with Crippen molar-refractivity contribution in [3.05, 3.63) is 39.6 Å². The van der Waals surface area contributed by atoms with Gasteiger partial charge in [-0.3, -0.25) is 9.78 Å². The molecule has 0 saturated carbocycles. The van der Waals surface area contributed by atoms with Crippen molar-refractivity contribution in [2.45, 2.75) is 26.8 Å². The van der Waals surface area contributed by atoms with Crippen LogP contribution in [0.15, 0.2) is 18.3 Å². The summed E-state index contributed by atoms with van der Waals surface area (Å²) in [5, 5.41) is 3.90. The molecule has 1 atom stereocenters. The molecule has 2 aromatic heterocycles. The van der Waals surface area contributed by atoms with Crippen LogP contribution in [0, 0.1) is 13.8 Å². The molecule has 0 saturated heterocycles. The Labute approximate surface area is 122 Å². The van der Waals surface area contributed by atoms with Crippen LogP contribution in [-0.4, -0.2) is 23.0 Å². The predicted octanol–water partition coefficient (Wildman–Crippen LogP) is 2.65. The van der Waals surface area contributed by atoms with E-state index in [2.05, 4.69) is 15.3 Å². The molecule has 0 radical (unpaired) electrons. The highest BCUT2D eigenvalue weighted by atomic mass is 32.1. The maximum Gasteiger partial charge on any atom is 0.270 e. The minimum absolute atomic E-state index is 0.152. The van der Waals surface area contributed by atoms with Crippen LogP contribution in [0.4, 0.5) is 0 Å². The van der Waals surface area contributed by atoms with Crippen molar-refractivity contribution in [2.75, 3.05) is 7.11 Å². The first-order chi connectivity index (χ1) is 9.51. The number of aryl methyl sites for hydroxylation is 2. The van der Waals surface area contributed by atoms with E-state index in [1.54, 1.807) is 36.8 Å². The highest BCUT2D eigenvalue weighted by Gasteiger charge is 2.17. The van der Waals surface area contributed by atoms with E-state index in [9.17, 15) is 4.79 Å². The zero-order valence-electron chi connectivity index (χ0n) is 11.9. The molecule has 1 amide bonds. The molecule has 0 spiro atoms. The molecule has 0 fully saturated rings. The van der Waals surface area contributed by atoms with Crippen molar-refractivity contribution in [3.8, 4) is 5.75 Å². The van der Waals surface area contributed by atoms with E-state index in [1.807, 2.05) is 20.8 Å². The van der Waals surface area contributed by atoms with Crippen molar-refractivity contribution in [2.24, 2.45) is 0 Å². The largest absolute Gasteiger partial charge is 0.497 e. The van der Waals surface area contributed by atoms with Crippen LogP contribution in [0.25, 0.3) is 0 Å². The summed E-state index contributed by atoms with van der Waals surface area (Å²) in [5.41, 5.74) is 1.24. The molecule has 0 aromatic carbocycles. The Balaban J connectivity index is 2.12. The van der Waals surface area contributed by atoms with Gasteiger partial charge in [-0.15, -0.1) is 11.3 Å². The summed E-state index contributed by atoms with van der Waals surface area (Å²) in [5.74, 6) is 0.375. The van der Waals surface area contributed by atoms with Gasteiger partial charge in [0.05, 0.1) is 23.9 Å². The molecule has 2 heterocycles. The van der Waals surface area contributed by atoms with Gasteiger partial charge in [-0.05, 0) is 26.8 Å². The van der Waals surface area contributed by atoms with Gasteiger partial charge >= 0.3 is 0 Å². The van der Waals surface area contributed by atoms with Gasteiger partial charge in [0.1, 0.15) is 11.4 Å². The van der Waals surface area contributed by atoms with Crippen molar-refractivity contribution in [3.63, 3.8) is 0 Å². The lowest BCUT2D eigenvalue weighted by molar-refractivity contribution is 0.0933. The summed E-state index contributed by atoms with van der Waals surface area (Å²) >= 11 is 1.63. The first-order valence-corrected chi connectivity index (χ1v) is 7.07. The summed E-state index contributed by atoms with van der Waals surface area (Å²) in [4.78, 5) is 21.8. The summed E-state index contributed by atoms with van der Waals surface area (Å²) in [6, 6.07) is 3.16. The van der Waals surface area contributed by atoms with Crippen molar-refractivity contribution in [1.82, 2.24) is 15.3 Å². The van der Waals surface area contributed by atoms with E-state index in [4.69, 9.17) is 4.74 Å². The quantitative estimate of drug-likeness (QED) is 0.940. The number of methoxy groups -OCH3 is 1. The predicted molar refractivity (Wildman–Crippen MR) is 78.3 cm³/mol. The van der Waals surface area contributed by atoms with E-state index >= 15 is 0 Å². The molecule has 2 rings (SSSR count). The second-order valence-corrected chi connectivity index (χ2v) is 5.86. The van der Waals surface area contributed by atoms with Crippen LogP contribution < -0.4 is 10.1 Å². The normalized spacial score (nSPS) is 12.0. The fraction of sp³-hybridized carbons (Fsp3) is 0.357. The van der Waals surface area contributed by atoms with Gasteiger partial charge in [-0.25, -0.2) is 4.98 Å². The van der Waals surface area contributed by atoms with E-state index in [0.29, 0.717) is 11.4 Å². The zero-order valence-corrected chi connectivity index (χ0v) is 12.7. The smallest absolute Gasteiger partial charge is 0.270 e. The van der Waals surface area contributed by atoms with Gasteiger partial charge in [0.25, 0.3) is 5.91 Å². The molecular formula is C14H17N3O2S. The summed E-state index contributed by atoms with van der Waals surface area (Å²) in [6.45, 7) is 5.88. The Bertz CT molecular complexity index is 625. The second-order valence-electron chi connectivity index (χ2n) is 4.45. The van der Waals surface area contributed by atoms with Gasteiger partial charge in [0, 0.05) is 17.1 Å². The van der Waals surface area contributed by atoms with E-state index < -0.39 is 0 Å². The number of nitrogens with zero attached hydrogens (tertiary/aromatic N) is 2. The number of carbonyl (C=O) groups excluding carboxylic acids is 1. The summed E-state index contributed by atoms with van der Waals surface area (Å²) < 4.78 is 5.09. The highest BCUT2D eigenvalue weighted by molar-refractivity contribution is 7.11. The molecule has 2 aromatic rings. The molecule has 1 N–H and O–H groups in total. The standard InChI is InChI=1S/C14H17N3O2S/c1-8(13-9(2)20-10(3)17-13)16-14(18)12-7-11(19-4)5-6-15-12/h5-8H,1-4H3,(H,16,18). The minimum atomic E-state index is -0.235. The lowest BCUT2D eigenvalue weighted by Crippen LogP contribution is -2.28. The number of carbonyl (C=O) groups is 1. The number of aromatic nitrogens is 2. The molecule has 0 aliphatic carbocycles. The molecule has 6 heteroatoms. The van der Waals surface area contributed by atoms with Gasteiger partial charge in [0.15, 0.2) is 0 Å². The van der Waals surface area contributed by atoms with Crippen molar-refractivity contribution in [1.29, 1.82) is 0 Å².